The summed E-state index contributed by atoms with van der Waals surface area (Å²) in [5, 5.41) is 34.9. The fourth-order valence-electron chi connectivity index (χ4n) is 9.70. The molecule has 5 aliphatic rings. The van der Waals surface area contributed by atoms with E-state index in [2.05, 4.69) is 36.3 Å². The van der Waals surface area contributed by atoms with Crippen LogP contribution in [0.4, 0.5) is 5.13 Å². The predicted octanol–water partition coefficient (Wildman–Crippen LogP) is 5.76. The van der Waals surface area contributed by atoms with Gasteiger partial charge in [0, 0.05) is 12.3 Å². The largest absolute Gasteiger partial charge is 0.393 e. The van der Waals surface area contributed by atoms with Gasteiger partial charge in [0.2, 0.25) is 11.0 Å². The average molecular weight is 516 g/mol. The van der Waals surface area contributed by atoms with Crippen molar-refractivity contribution in [2.45, 2.75) is 116 Å². The van der Waals surface area contributed by atoms with Crippen molar-refractivity contribution in [3.05, 3.63) is 5.01 Å². The van der Waals surface area contributed by atoms with Crippen molar-refractivity contribution in [1.29, 1.82) is 0 Å². The number of anilines is 1. The van der Waals surface area contributed by atoms with Crippen LogP contribution >= 0.6 is 11.3 Å². The zero-order chi connectivity index (χ0) is 25.2. The van der Waals surface area contributed by atoms with E-state index in [1.807, 2.05) is 0 Å². The summed E-state index contributed by atoms with van der Waals surface area (Å²) in [5.41, 5.74) is 0.532. The fraction of sp³-hybridized carbons (Fsp3) is 0.897. The highest BCUT2D eigenvalue weighted by molar-refractivity contribution is 7.15. The maximum Gasteiger partial charge on any atom is 0.226 e. The third-order valence-electron chi connectivity index (χ3n) is 11.9. The molecule has 5 fully saturated rings. The highest BCUT2D eigenvalue weighted by Gasteiger charge is 2.62. The van der Waals surface area contributed by atoms with Crippen LogP contribution in [0, 0.1) is 46.3 Å². The average Bonchev–Trinajstić information content (AvgIpc) is 3.48. The topological polar surface area (TPSA) is 95.3 Å². The minimum absolute atomic E-state index is 0.0601. The van der Waals surface area contributed by atoms with Crippen LogP contribution in [-0.4, -0.2) is 38.5 Å². The molecule has 6 rings (SSSR count). The molecule has 1 heterocycles. The molecule has 1 amide bonds. The molecule has 0 unspecified atom stereocenters. The quantitative estimate of drug-likeness (QED) is 0.448. The molecule has 1 aromatic rings. The smallest absolute Gasteiger partial charge is 0.226 e. The van der Waals surface area contributed by atoms with Crippen LogP contribution in [0.2, 0.25) is 0 Å². The number of amides is 1. The first-order chi connectivity index (χ1) is 17.2. The van der Waals surface area contributed by atoms with Crippen LogP contribution in [0.1, 0.15) is 109 Å². The van der Waals surface area contributed by atoms with Crippen LogP contribution in [0.5, 0.6) is 0 Å². The van der Waals surface area contributed by atoms with Gasteiger partial charge in [-0.1, -0.05) is 32.1 Å². The monoisotopic (exact) mass is 515 g/mol. The van der Waals surface area contributed by atoms with E-state index in [0.29, 0.717) is 53.0 Å². The Bertz CT molecular complexity index is 981. The summed E-state index contributed by atoms with van der Waals surface area (Å²) in [4.78, 5) is 12.7. The summed E-state index contributed by atoms with van der Waals surface area (Å²) in [5.74, 6) is 3.77. The lowest BCUT2D eigenvalue weighted by Gasteiger charge is -2.62. The van der Waals surface area contributed by atoms with E-state index in [4.69, 9.17) is 0 Å². The van der Waals surface area contributed by atoms with Crippen molar-refractivity contribution in [2.75, 3.05) is 5.32 Å². The van der Waals surface area contributed by atoms with Crippen LogP contribution in [0.15, 0.2) is 0 Å². The Hall–Kier alpha value is -1.05. The molecular formula is C29H45N3O3S. The second kappa shape index (κ2) is 9.30. The number of aliphatic hydroxyl groups excluding tert-OH is 2. The van der Waals surface area contributed by atoms with E-state index in [0.717, 1.165) is 37.1 Å². The molecule has 0 aromatic carbocycles. The lowest BCUT2D eigenvalue weighted by Crippen LogP contribution is -2.58. The second-order valence-corrected chi connectivity index (χ2v) is 14.7. The third kappa shape index (κ3) is 4.25. The van der Waals surface area contributed by atoms with Crippen molar-refractivity contribution in [3.63, 3.8) is 0 Å². The van der Waals surface area contributed by atoms with Crippen LogP contribution in [0.25, 0.3) is 0 Å². The summed E-state index contributed by atoms with van der Waals surface area (Å²) in [6.45, 7) is 7.34. The lowest BCUT2D eigenvalue weighted by atomic mass is 9.43. The van der Waals surface area contributed by atoms with Gasteiger partial charge in [-0.2, -0.15) is 0 Å². The number of rotatable bonds is 6. The molecular weight excluding hydrogens is 470 g/mol. The highest BCUT2D eigenvalue weighted by Crippen LogP contribution is 2.68. The van der Waals surface area contributed by atoms with Gasteiger partial charge in [-0.25, -0.2) is 0 Å². The molecule has 0 bridgehead atoms. The van der Waals surface area contributed by atoms with Gasteiger partial charge < -0.3 is 15.5 Å². The molecule has 5 saturated carbocycles. The van der Waals surface area contributed by atoms with Gasteiger partial charge >= 0.3 is 0 Å². The van der Waals surface area contributed by atoms with E-state index < -0.39 is 0 Å². The van der Waals surface area contributed by atoms with Crippen molar-refractivity contribution >= 4 is 22.4 Å². The van der Waals surface area contributed by atoms with Gasteiger partial charge in [-0.3, -0.25) is 4.79 Å². The number of carbonyl (C=O) groups is 1. The standard InChI is InChI=1S/C29H45N3O3S/c1-16(4-9-24(35)30-27-32-31-26(36-27)17-5-6-17)20-7-8-21-25-22(11-13-29(20,21)3)28(2)12-10-19(33)14-18(28)15-23(25)34/h16-23,25,33-34H,4-15H2,1-3H3,(H,30,32,35)/t16-,18+,19-,20-,21+,22+,23+,25+,28+,29-/m0/s1. The first-order valence-corrected chi connectivity index (χ1v) is 15.5. The predicted molar refractivity (Wildman–Crippen MR) is 142 cm³/mol. The Morgan fingerprint density at radius 2 is 1.78 bits per heavy atom. The molecule has 5 aliphatic carbocycles. The number of fused-ring (bicyclic) bond motifs is 5. The second-order valence-electron chi connectivity index (χ2n) is 13.7. The number of hydrogen-bond donors (Lipinski definition) is 3. The number of aliphatic hydroxyl groups is 2. The molecule has 6 nitrogen and oxygen atoms in total. The molecule has 7 heteroatoms. The Morgan fingerprint density at radius 3 is 2.56 bits per heavy atom. The van der Waals surface area contributed by atoms with E-state index in [1.165, 1.54) is 49.9 Å². The molecule has 200 valence electrons. The summed E-state index contributed by atoms with van der Waals surface area (Å²) in [7, 11) is 0. The number of nitrogens with one attached hydrogen (secondary N) is 1. The molecule has 0 radical (unpaired) electrons. The first-order valence-electron chi connectivity index (χ1n) is 14.7. The van der Waals surface area contributed by atoms with Crippen molar-refractivity contribution in [1.82, 2.24) is 10.2 Å². The highest BCUT2D eigenvalue weighted by atomic mass is 32.1. The fourth-order valence-corrected chi connectivity index (χ4v) is 10.6. The van der Waals surface area contributed by atoms with Crippen molar-refractivity contribution < 1.29 is 15.0 Å². The zero-order valence-corrected chi connectivity index (χ0v) is 23.1. The van der Waals surface area contributed by atoms with Gasteiger partial charge in [0.1, 0.15) is 5.01 Å². The number of carbonyl (C=O) groups excluding carboxylic acids is 1. The SMILES string of the molecule is C[C@@H](CCC(=O)Nc1nnc(C2CC2)s1)[C@@H]1CC[C@@H]2[C@H]3[C@H](O)C[C@H]4C[C@@H](O)CC[C@@]4(C)[C@@H]3CC[C@]21C. The number of aromatic nitrogens is 2. The maximum atomic E-state index is 12.7. The Labute approximate surface area is 220 Å². The van der Waals surface area contributed by atoms with Crippen LogP contribution in [0.3, 0.4) is 0 Å². The Kier molecular flexibility index (Phi) is 6.52. The normalized spacial score (nSPS) is 44.9. The summed E-state index contributed by atoms with van der Waals surface area (Å²) >= 11 is 1.53. The van der Waals surface area contributed by atoms with E-state index in [9.17, 15) is 15.0 Å². The molecule has 0 saturated heterocycles. The van der Waals surface area contributed by atoms with Gasteiger partial charge in [0.25, 0.3) is 0 Å². The molecule has 3 N–H and O–H groups in total. The Morgan fingerprint density at radius 1 is 1.03 bits per heavy atom. The van der Waals surface area contributed by atoms with Crippen molar-refractivity contribution in [3.8, 4) is 0 Å². The van der Waals surface area contributed by atoms with E-state index >= 15 is 0 Å². The summed E-state index contributed by atoms with van der Waals surface area (Å²) < 4.78 is 0. The number of hydrogen-bond acceptors (Lipinski definition) is 6. The summed E-state index contributed by atoms with van der Waals surface area (Å²) in [6, 6.07) is 0. The molecule has 0 spiro atoms. The van der Waals surface area contributed by atoms with Gasteiger partial charge in [0.15, 0.2) is 0 Å². The summed E-state index contributed by atoms with van der Waals surface area (Å²) in [6.07, 6.45) is 12.1. The molecule has 1 aromatic heterocycles. The van der Waals surface area contributed by atoms with E-state index in [-0.39, 0.29) is 28.9 Å². The lowest BCUT2D eigenvalue weighted by molar-refractivity contribution is -0.174. The van der Waals surface area contributed by atoms with Gasteiger partial charge in [0.05, 0.1) is 12.2 Å². The van der Waals surface area contributed by atoms with Gasteiger partial charge in [-0.05, 0) is 117 Å². The first kappa shape index (κ1) is 25.2. The minimum Gasteiger partial charge on any atom is -0.393 e. The zero-order valence-electron chi connectivity index (χ0n) is 22.3. The van der Waals surface area contributed by atoms with Crippen LogP contribution in [-0.2, 0) is 4.79 Å². The maximum absolute atomic E-state index is 12.7. The number of nitrogens with zero attached hydrogens (tertiary/aromatic N) is 2. The van der Waals surface area contributed by atoms with Gasteiger partial charge in [-0.15, -0.1) is 10.2 Å². The van der Waals surface area contributed by atoms with E-state index in [1.54, 1.807) is 0 Å². The third-order valence-corrected chi connectivity index (χ3v) is 12.9. The molecule has 36 heavy (non-hydrogen) atoms. The van der Waals surface area contributed by atoms with Crippen LogP contribution < -0.4 is 5.32 Å². The molecule has 10 atom stereocenters. The Balaban J connectivity index is 1.09. The molecule has 0 aliphatic heterocycles. The van der Waals surface area contributed by atoms with Crippen molar-refractivity contribution in [2.24, 2.45) is 46.3 Å². The minimum atomic E-state index is -0.227.